The summed E-state index contributed by atoms with van der Waals surface area (Å²) in [5, 5.41) is 8.71. The predicted octanol–water partition coefficient (Wildman–Crippen LogP) is 7.69. The molecule has 0 bridgehead atoms. The number of aryl methyl sites for hydroxylation is 3. The molecule has 1 amide bonds. The van der Waals surface area contributed by atoms with Crippen LogP contribution >= 0.6 is 24.0 Å². The molecule has 1 aliphatic rings. The number of nitrogens with zero attached hydrogens (tertiary/aromatic N) is 3. The molecule has 160 valence electrons. The van der Waals surface area contributed by atoms with Gasteiger partial charge < -0.3 is 0 Å². The molecule has 0 radical (unpaired) electrons. The fraction of sp³-hybridized carbons (Fsp3) is 0.154. The van der Waals surface area contributed by atoms with Gasteiger partial charge in [-0.05, 0) is 72.9 Å². The molecule has 0 atom stereocenters. The van der Waals surface area contributed by atoms with Crippen LogP contribution in [0.3, 0.4) is 0 Å². The van der Waals surface area contributed by atoms with Gasteiger partial charge in [-0.1, -0.05) is 73.4 Å². The summed E-state index contributed by atoms with van der Waals surface area (Å²) in [5.41, 5.74) is 6.58. The van der Waals surface area contributed by atoms with Gasteiger partial charge in [0.2, 0.25) is 0 Å². The minimum absolute atomic E-state index is 0.100. The van der Waals surface area contributed by atoms with Gasteiger partial charge in [0.05, 0.1) is 22.0 Å². The van der Waals surface area contributed by atoms with Crippen molar-refractivity contribution in [3.63, 3.8) is 0 Å². The largest absolute Gasteiger partial charge is 0.270 e. The molecule has 0 spiro atoms. The zero-order chi connectivity index (χ0) is 22.7. The number of thioether (sulfide) groups is 1. The van der Waals surface area contributed by atoms with Crippen LogP contribution in [0.15, 0.2) is 81.9 Å². The normalized spacial score (nSPS) is 15.3. The number of benzene rings is 3. The number of rotatable bonds is 5. The maximum atomic E-state index is 13.1. The highest BCUT2D eigenvalue weighted by molar-refractivity contribution is 8.27. The van der Waals surface area contributed by atoms with E-state index < -0.39 is 0 Å². The number of anilines is 1. The first kappa shape index (κ1) is 22.1. The van der Waals surface area contributed by atoms with Crippen molar-refractivity contribution in [2.75, 3.05) is 4.90 Å². The van der Waals surface area contributed by atoms with Crippen LogP contribution in [0.2, 0.25) is 0 Å². The molecule has 32 heavy (non-hydrogen) atoms. The second-order valence-corrected chi connectivity index (χ2v) is 9.25. The van der Waals surface area contributed by atoms with Gasteiger partial charge in [0.15, 0.2) is 4.32 Å². The zero-order valence-electron chi connectivity index (χ0n) is 18.2. The van der Waals surface area contributed by atoms with E-state index in [1.807, 2.05) is 74.5 Å². The third-order valence-electron chi connectivity index (χ3n) is 5.29. The lowest BCUT2D eigenvalue weighted by Crippen LogP contribution is -2.28. The monoisotopic (exact) mass is 457 g/mol. The summed E-state index contributed by atoms with van der Waals surface area (Å²) in [5.74, 6) is -0.100. The molecule has 3 aromatic carbocycles. The first-order valence-electron chi connectivity index (χ1n) is 10.4. The third kappa shape index (κ3) is 4.71. The minimum atomic E-state index is -0.100. The number of hydrogen-bond acceptors (Lipinski definition) is 5. The fourth-order valence-electron chi connectivity index (χ4n) is 3.42. The number of carbonyl (C=O) groups excluding carboxylic acids is 1. The number of hydrogen-bond donors (Lipinski definition) is 0. The lowest BCUT2D eigenvalue weighted by atomic mass is 10.1. The topological polar surface area (TPSA) is 45.0 Å². The van der Waals surface area contributed by atoms with Crippen LogP contribution in [0.1, 0.15) is 29.2 Å². The average molecular weight is 458 g/mol. The van der Waals surface area contributed by atoms with E-state index in [1.165, 1.54) is 17.3 Å². The lowest BCUT2D eigenvalue weighted by Gasteiger charge is -2.17. The van der Waals surface area contributed by atoms with E-state index in [1.54, 1.807) is 4.90 Å². The molecule has 0 saturated carbocycles. The van der Waals surface area contributed by atoms with Crippen molar-refractivity contribution in [3.8, 4) is 0 Å². The third-order valence-corrected chi connectivity index (χ3v) is 6.59. The molecule has 0 N–H and O–H groups in total. The maximum Gasteiger partial charge on any atom is 0.270 e. The van der Waals surface area contributed by atoms with Gasteiger partial charge in [-0.3, -0.25) is 9.69 Å². The van der Waals surface area contributed by atoms with Crippen molar-refractivity contribution in [1.82, 2.24) is 0 Å². The van der Waals surface area contributed by atoms with Crippen LogP contribution in [0, 0.1) is 13.8 Å². The van der Waals surface area contributed by atoms with Crippen LogP contribution in [0.4, 0.5) is 17.1 Å². The van der Waals surface area contributed by atoms with Crippen molar-refractivity contribution in [1.29, 1.82) is 0 Å². The molecule has 4 rings (SSSR count). The molecule has 1 heterocycles. The highest BCUT2D eigenvalue weighted by Crippen LogP contribution is 2.38. The van der Waals surface area contributed by atoms with Gasteiger partial charge in [-0.25, -0.2) is 0 Å². The highest BCUT2D eigenvalue weighted by Gasteiger charge is 2.34. The van der Waals surface area contributed by atoms with Gasteiger partial charge >= 0.3 is 0 Å². The zero-order valence-corrected chi connectivity index (χ0v) is 19.8. The van der Waals surface area contributed by atoms with E-state index in [9.17, 15) is 4.79 Å². The molecule has 0 aliphatic carbocycles. The predicted molar refractivity (Wildman–Crippen MR) is 138 cm³/mol. The van der Waals surface area contributed by atoms with E-state index in [0.717, 1.165) is 40.2 Å². The standard InChI is InChI=1S/C26H23N3OS2/c1-4-19-9-11-20(12-10-19)16-24-25(30)29(26(31)32-24)23-14-13-21(15-18(23)3)27-28-22-8-6-5-7-17(22)2/h5-16H,4H2,1-3H3/b24-16-,28-27?. The fourth-order valence-corrected chi connectivity index (χ4v) is 4.70. The summed E-state index contributed by atoms with van der Waals surface area (Å²) in [6, 6.07) is 21.7. The average Bonchev–Trinajstić information content (AvgIpc) is 3.06. The maximum absolute atomic E-state index is 13.1. The Hall–Kier alpha value is -3.09. The number of thiocarbonyl (C=S) groups is 1. The van der Waals surface area contributed by atoms with Crippen LogP contribution in [-0.4, -0.2) is 10.2 Å². The van der Waals surface area contributed by atoms with Crippen LogP contribution < -0.4 is 4.90 Å². The van der Waals surface area contributed by atoms with Gasteiger partial charge in [-0.15, -0.1) is 0 Å². The van der Waals surface area contributed by atoms with Crippen LogP contribution in [-0.2, 0) is 11.2 Å². The van der Waals surface area contributed by atoms with Crippen molar-refractivity contribution in [2.24, 2.45) is 10.2 Å². The van der Waals surface area contributed by atoms with Gasteiger partial charge in [0.25, 0.3) is 5.91 Å². The summed E-state index contributed by atoms with van der Waals surface area (Å²) < 4.78 is 0.531. The Bertz CT molecular complexity index is 1250. The molecule has 3 aromatic rings. The molecule has 1 aliphatic heterocycles. The Balaban J connectivity index is 1.56. The van der Waals surface area contributed by atoms with Gasteiger partial charge in [0, 0.05) is 0 Å². The summed E-state index contributed by atoms with van der Waals surface area (Å²) in [7, 11) is 0. The minimum Gasteiger partial charge on any atom is -0.268 e. The quantitative estimate of drug-likeness (QED) is 0.224. The molecular formula is C26H23N3OS2. The first-order valence-corrected chi connectivity index (χ1v) is 11.6. The molecule has 6 heteroatoms. The SMILES string of the molecule is CCc1ccc(/C=C2\SC(=S)N(c3ccc(N=Nc4ccccc4C)cc3C)C2=O)cc1. The van der Waals surface area contributed by atoms with Crippen molar-refractivity contribution < 1.29 is 4.79 Å². The summed E-state index contributed by atoms with van der Waals surface area (Å²) in [6.45, 7) is 6.08. The van der Waals surface area contributed by atoms with Crippen LogP contribution in [0.25, 0.3) is 6.08 Å². The van der Waals surface area contributed by atoms with Crippen LogP contribution in [0.5, 0.6) is 0 Å². The van der Waals surface area contributed by atoms with E-state index in [4.69, 9.17) is 12.2 Å². The smallest absolute Gasteiger partial charge is 0.268 e. The van der Waals surface area contributed by atoms with Crippen molar-refractivity contribution >= 4 is 57.3 Å². The lowest BCUT2D eigenvalue weighted by molar-refractivity contribution is -0.113. The second-order valence-electron chi connectivity index (χ2n) is 7.57. The molecule has 0 aromatic heterocycles. The first-order chi connectivity index (χ1) is 15.5. The van der Waals surface area contributed by atoms with E-state index in [-0.39, 0.29) is 5.91 Å². The number of amides is 1. The summed E-state index contributed by atoms with van der Waals surface area (Å²) in [4.78, 5) is 15.4. The Morgan fingerprint density at radius 3 is 2.41 bits per heavy atom. The Labute approximate surface area is 198 Å². The van der Waals surface area contributed by atoms with Gasteiger partial charge in [0.1, 0.15) is 0 Å². The molecule has 1 saturated heterocycles. The van der Waals surface area contributed by atoms with E-state index in [0.29, 0.717) is 9.23 Å². The van der Waals surface area contributed by atoms with Crippen molar-refractivity contribution in [2.45, 2.75) is 27.2 Å². The van der Waals surface area contributed by atoms with Gasteiger partial charge in [-0.2, -0.15) is 10.2 Å². The molecular weight excluding hydrogens is 434 g/mol. The van der Waals surface area contributed by atoms with E-state index >= 15 is 0 Å². The molecule has 4 nitrogen and oxygen atoms in total. The Morgan fingerprint density at radius 2 is 1.72 bits per heavy atom. The Morgan fingerprint density at radius 1 is 0.969 bits per heavy atom. The summed E-state index contributed by atoms with van der Waals surface area (Å²) in [6.07, 6.45) is 2.89. The molecule has 1 fully saturated rings. The number of azo groups is 1. The Kier molecular flexibility index (Phi) is 6.63. The highest BCUT2D eigenvalue weighted by atomic mass is 32.2. The second kappa shape index (κ2) is 9.59. The number of carbonyl (C=O) groups is 1. The molecule has 0 unspecified atom stereocenters. The van der Waals surface area contributed by atoms with E-state index in [2.05, 4.69) is 29.3 Å². The summed E-state index contributed by atoms with van der Waals surface area (Å²) >= 11 is 6.87. The van der Waals surface area contributed by atoms with Crippen molar-refractivity contribution in [3.05, 3.63) is 93.9 Å².